The van der Waals surface area contributed by atoms with Gasteiger partial charge in [0.25, 0.3) is 0 Å². The van der Waals surface area contributed by atoms with Gasteiger partial charge in [-0.05, 0) is 122 Å². The molecule has 12 nitrogen and oxygen atoms in total. The Morgan fingerprint density at radius 3 is 1.74 bits per heavy atom. The minimum absolute atomic E-state index is 0.103. The summed E-state index contributed by atoms with van der Waals surface area (Å²) in [4.78, 5) is 12.4. The first-order valence-electron chi connectivity index (χ1n) is 25.8. The van der Waals surface area contributed by atoms with Crippen LogP contribution in [-0.2, 0) is 57.5 Å². The Hall–Kier alpha value is -3.79. The molecule has 0 radical (unpaired) electrons. The summed E-state index contributed by atoms with van der Waals surface area (Å²) >= 11 is 0. The third-order valence-electron chi connectivity index (χ3n) is 14.8. The van der Waals surface area contributed by atoms with E-state index in [9.17, 15) is 9.90 Å². The molecule has 2 heterocycles. The van der Waals surface area contributed by atoms with Crippen LogP contribution in [0.3, 0.4) is 0 Å². The van der Waals surface area contributed by atoms with Gasteiger partial charge in [0.15, 0.2) is 14.1 Å². The third-order valence-corrected chi connectivity index (χ3v) is 19.5. The molecular weight excluding hydrogens is 905 g/mol. The SMILES string of the molecule is CC[Si](CC)(CC)O[C@H]([C@@H](C)[C@@H](O)C/C=C(\C)C(=O)OC)[C@@H](C[C@H](C)[C@H](OCc1ccc(OC)cc1)[C@@H]1C[C@H](C)CC2(C[C@@H](C)C[C@@H](COCc3ccc(OC)cc3)O2)O1)OCc1ccc(OC)cc1. The third kappa shape index (κ3) is 16.4. The Morgan fingerprint density at radius 1 is 0.743 bits per heavy atom. The van der Waals surface area contributed by atoms with Crippen LogP contribution in [0.15, 0.2) is 84.4 Å². The summed E-state index contributed by atoms with van der Waals surface area (Å²) in [7, 11) is 4.08. The normalized spacial score (nSPS) is 23.5. The Bertz CT molecular complexity index is 1990. The van der Waals surface area contributed by atoms with Crippen molar-refractivity contribution in [2.45, 2.75) is 174 Å². The van der Waals surface area contributed by atoms with Crippen molar-refractivity contribution in [1.29, 1.82) is 0 Å². The number of hydrogen-bond acceptors (Lipinski definition) is 12. The lowest BCUT2D eigenvalue weighted by Gasteiger charge is -2.51. The highest BCUT2D eigenvalue weighted by Gasteiger charge is 2.50. The molecule has 2 aliphatic rings. The van der Waals surface area contributed by atoms with E-state index in [1.54, 1.807) is 34.3 Å². The Balaban J connectivity index is 1.49. The van der Waals surface area contributed by atoms with Crippen molar-refractivity contribution in [3.63, 3.8) is 0 Å². The minimum atomic E-state index is -2.30. The highest BCUT2D eigenvalue weighted by molar-refractivity contribution is 6.73. The van der Waals surface area contributed by atoms with Crippen LogP contribution in [-0.4, -0.2) is 96.9 Å². The summed E-state index contributed by atoms with van der Waals surface area (Å²) in [6.07, 6.45) is 3.28. The molecule has 0 saturated carbocycles. The molecule has 0 bridgehead atoms. The quantitative estimate of drug-likeness (QED) is 0.0422. The van der Waals surface area contributed by atoms with Crippen molar-refractivity contribution in [3.8, 4) is 17.2 Å². The van der Waals surface area contributed by atoms with E-state index in [-0.39, 0.29) is 36.6 Å². The average Bonchev–Trinajstić information content (AvgIpc) is 3.37. The maximum Gasteiger partial charge on any atom is 0.333 e. The number of hydrogen-bond donors (Lipinski definition) is 1. The van der Waals surface area contributed by atoms with Gasteiger partial charge in [0.1, 0.15) is 17.2 Å². The lowest BCUT2D eigenvalue weighted by molar-refractivity contribution is -0.346. The van der Waals surface area contributed by atoms with Crippen molar-refractivity contribution < 1.29 is 57.0 Å². The molecule has 1 N–H and O–H groups in total. The maximum atomic E-state index is 12.4. The molecule has 0 amide bonds. The van der Waals surface area contributed by atoms with E-state index in [0.29, 0.717) is 50.3 Å². The number of rotatable bonds is 28. The number of aliphatic hydroxyl groups excluding tert-OH is 1. The van der Waals surface area contributed by atoms with Gasteiger partial charge in [0.05, 0.1) is 91.5 Å². The molecule has 1 spiro atoms. The lowest BCUT2D eigenvalue weighted by Crippen LogP contribution is -2.56. The molecule has 5 rings (SSSR count). The molecule has 0 aliphatic carbocycles. The van der Waals surface area contributed by atoms with Gasteiger partial charge >= 0.3 is 5.97 Å². The highest BCUT2D eigenvalue weighted by Crippen LogP contribution is 2.46. The lowest BCUT2D eigenvalue weighted by atomic mass is 9.79. The second kappa shape index (κ2) is 27.9. The summed E-state index contributed by atoms with van der Waals surface area (Å²) < 4.78 is 63.8. The van der Waals surface area contributed by atoms with E-state index in [2.05, 4.69) is 48.5 Å². The molecule has 390 valence electrons. The fourth-order valence-electron chi connectivity index (χ4n) is 10.4. The Morgan fingerprint density at radius 2 is 1.24 bits per heavy atom. The zero-order valence-electron chi connectivity index (χ0n) is 44.4. The van der Waals surface area contributed by atoms with Crippen molar-refractivity contribution in [1.82, 2.24) is 0 Å². The molecule has 13 heteroatoms. The van der Waals surface area contributed by atoms with Crippen molar-refractivity contribution in [2.24, 2.45) is 23.7 Å². The number of methoxy groups -OCH3 is 4. The summed E-state index contributed by atoms with van der Waals surface area (Å²) in [5, 5.41) is 12.0. The van der Waals surface area contributed by atoms with Gasteiger partial charge in [-0.2, -0.15) is 0 Å². The van der Waals surface area contributed by atoms with Gasteiger partial charge in [0.2, 0.25) is 0 Å². The summed E-state index contributed by atoms with van der Waals surface area (Å²) in [5.74, 6) is 1.35. The smallest absolute Gasteiger partial charge is 0.333 e. The number of carbonyl (C=O) groups excluding carboxylic acids is 1. The van der Waals surface area contributed by atoms with Crippen molar-refractivity contribution in [3.05, 3.63) is 101 Å². The molecule has 2 saturated heterocycles. The van der Waals surface area contributed by atoms with E-state index in [1.807, 2.05) is 72.8 Å². The van der Waals surface area contributed by atoms with Crippen LogP contribution < -0.4 is 14.2 Å². The number of aliphatic hydroxyl groups is 1. The Labute approximate surface area is 421 Å². The van der Waals surface area contributed by atoms with E-state index in [0.717, 1.165) is 77.8 Å². The zero-order valence-corrected chi connectivity index (χ0v) is 45.4. The summed E-state index contributed by atoms with van der Waals surface area (Å²) in [6.45, 7) is 18.9. The van der Waals surface area contributed by atoms with Crippen LogP contribution in [0.2, 0.25) is 18.1 Å². The summed E-state index contributed by atoms with van der Waals surface area (Å²) in [5.41, 5.74) is 3.55. The highest BCUT2D eigenvalue weighted by atomic mass is 28.4. The van der Waals surface area contributed by atoms with Crippen LogP contribution in [0.5, 0.6) is 17.2 Å². The standard InChI is InChI=1S/C57H86O12Si/c1-13-70(14-2,15-3)69-55(43(8)51(58)29-16-41(6)56(59)63-12)52(65-36-45-19-25-48(61-10)26-20-45)32-42(7)54(66-37-46-21-27-49(62-11)28-22-46)53-31-40(5)34-57(68-53)33-39(4)30-50(67-57)38-64-35-44-17-23-47(60-9)24-18-44/h16-28,39-40,42-43,50-55,58H,13-15,29-38H2,1-12H3/b41-16+/t39-,40-,42-,43-,50-,51-,52+,53-,54-,55+,57?/m0/s1. The van der Waals surface area contributed by atoms with E-state index in [4.69, 9.17) is 47.1 Å². The predicted molar refractivity (Wildman–Crippen MR) is 276 cm³/mol. The fraction of sp³-hybridized carbons (Fsp3) is 0.632. The van der Waals surface area contributed by atoms with Gasteiger partial charge in [0, 0.05) is 24.3 Å². The molecule has 1 unspecified atom stereocenters. The van der Waals surface area contributed by atoms with E-state index < -0.39 is 38.4 Å². The van der Waals surface area contributed by atoms with Gasteiger partial charge in [-0.1, -0.05) is 90.9 Å². The van der Waals surface area contributed by atoms with Gasteiger partial charge in [-0.3, -0.25) is 0 Å². The second-order valence-corrected chi connectivity index (χ2v) is 24.9. The van der Waals surface area contributed by atoms with E-state index in [1.165, 1.54) is 7.11 Å². The van der Waals surface area contributed by atoms with Crippen LogP contribution in [0, 0.1) is 23.7 Å². The number of esters is 1. The van der Waals surface area contributed by atoms with Gasteiger partial charge in [-0.15, -0.1) is 0 Å². The molecule has 11 atom stereocenters. The van der Waals surface area contributed by atoms with Gasteiger partial charge in [-0.25, -0.2) is 4.79 Å². The first-order chi connectivity index (χ1) is 33.6. The average molecular weight is 991 g/mol. The first-order valence-corrected chi connectivity index (χ1v) is 28.3. The molecule has 70 heavy (non-hydrogen) atoms. The molecule has 2 aliphatic heterocycles. The molecule has 3 aromatic carbocycles. The molecular formula is C57H86O12Si. The largest absolute Gasteiger partial charge is 0.497 e. The number of ether oxygens (including phenoxy) is 9. The molecule has 0 aromatic heterocycles. The van der Waals surface area contributed by atoms with Gasteiger partial charge < -0.3 is 52.2 Å². The van der Waals surface area contributed by atoms with Crippen LogP contribution in [0.1, 0.15) is 111 Å². The number of carbonyl (C=O) groups is 1. The monoisotopic (exact) mass is 991 g/mol. The summed E-state index contributed by atoms with van der Waals surface area (Å²) in [6, 6.07) is 26.7. The van der Waals surface area contributed by atoms with Crippen molar-refractivity contribution >= 4 is 14.3 Å². The molecule has 2 fully saturated rings. The van der Waals surface area contributed by atoms with Crippen LogP contribution >= 0.6 is 0 Å². The predicted octanol–water partition coefficient (Wildman–Crippen LogP) is 11.6. The van der Waals surface area contributed by atoms with Crippen molar-refractivity contribution in [2.75, 3.05) is 35.0 Å². The van der Waals surface area contributed by atoms with Crippen LogP contribution in [0.4, 0.5) is 0 Å². The molecule has 3 aromatic rings. The number of benzene rings is 3. The zero-order chi connectivity index (χ0) is 50.8. The topological polar surface area (TPSA) is 130 Å². The Kier molecular flexibility index (Phi) is 22.7. The fourth-order valence-corrected chi connectivity index (χ4v) is 13.4. The first kappa shape index (κ1) is 57.1. The minimum Gasteiger partial charge on any atom is -0.497 e. The van der Waals surface area contributed by atoms with E-state index >= 15 is 0 Å². The maximum absolute atomic E-state index is 12.4. The second-order valence-electron chi connectivity index (χ2n) is 20.2. The van der Waals surface area contributed by atoms with Crippen LogP contribution in [0.25, 0.3) is 0 Å².